The third-order valence-electron chi connectivity index (χ3n) is 7.78. The number of aromatic nitrogens is 4. The number of carbonyl (C=O) groups excluding carboxylic acids is 1. The fourth-order valence-electron chi connectivity index (χ4n) is 5.28. The van der Waals surface area contributed by atoms with Gasteiger partial charge in [-0.25, -0.2) is 14.5 Å². The van der Waals surface area contributed by atoms with Gasteiger partial charge in [-0.3, -0.25) is 4.57 Å². The number of nitrogens with one attached hydrogen (secondary N) is 1. The first-order valence-electron chi connectivity index (χ1n) is 15.4. The second-order valence-corrected chi connectivity index (χ2v) is 12.6. The van der Waals surface area contributed by atoms with Crippen LogP contribution in [0.5, 0.6) is 5.75 Å². The maximum Gasteiger partial charge on any atom is 0.573 e. The van der Waals surface area contributed by atoms with E-state index in [0.717, 1.165) is 40.9 Å². The van der Waals surface area contributed by atoms with Crippen LogP contribution in [-0.4, -0.2) is 38.3 Å². The summed E-state index contributed by atoms with van der Waals surface area (Å²) in [5.74, 6) is 0.788. The molecular weight excluding hydrogens is 625 g/mol. The lowest BCUT2D eigenvalue weighted by Gasteiger charge is -2.16. The molecule has 0 radical (unpaired) electrons. The molecule has 2 aromatic heterocycles. The summed E-state index contributed by atoms with van der Waals surface area (Å²) in [6, 6.07) is 19.4. The van der Waals surface area contributed by atoms with Crippen LogP contribution in [0.2, 0.25) is 0 Å². The Morgan fingerprint density at radius 2 is 1.74 bits per heavy atom. The minimum Gasteiger partial charge on any atom is -0.406 e. The summed E-state index contributed by atoms with van der Waals surface area (Å²) < 4.78 is 44.8. The summed E-state index contributed by atoms with van der Waals surface area (Å²) in [7, 11) is 0. The summed E-state index contributed by atoms with van der Waals surface area (Å²) in [5, 5.41) is 9.43. The van der Waals surface area contributed by atoms with Gasteiger partial charge in [0.25, 0.3) is 0 Å². The number of aryl methyl sites for hydroxylation is 2. The molecule has 1 N–H and O–H groups in total. The largest absolute Gasteiger partial charge is 0.573 e. The lowest BCUT2D eigenvalue weighted by atomic mass is 9.95. The van der Waals surface area contributed by atoms with Gasteiger partial charge in [0.05, 0.1) is 11.4 Å². The molecule has 12 heteroatoms. The molecule has 0 aliphatic rings. The third kappa shape index (κ3) is 8.56. The van der Waals surface area contributed by atoms with E-state index in [-0.39, 0.29) is 17.7 Å². The van der Waals surface area contributed by atoms with E-state index in [1.807, 2.05) is 36.6 Å². The molecule has 0 aliphatic heterocycles. The number of urea groups is 1. The molecule has 2 heterocycles. The molecule has 5 aromatic rings. The van der Waals surface area contributed by atoms with Crippen LogP contribution in [0.4, 0.5) is 18.0 Å². The fourth-order valence-corrected chi connectivity index (χ4v) is 6.14. The van der Waals surface area contributed by atoms with Crippen LogP contribution in [0.1, 0.15) is 67.8 Å². The predicted octanol–water partition coefficient (Wildman–Crippen LogP) is 8.62. The maximum absolute atomic E-state index is 12.8. The van der Waals surface area contributed by atoms with Crippen LogP contribution in [-0.2, 0) is 0 Å². The van der Waals surface area contributed by atoms with Gasteiger partial charge in [0, 0.05) is 23.2 Å². The van der Waals surface area contributed by atoms with E-state index in [9.17, 15) is 18.0 Å². The standard InChI is InChI=1S/C35H37F3N6O2S/c1-22(2)30-17-8-23(3)19-31(30)44-25(5)20-47-34(44)41-33(45)39-18-6-7-24(4)26-9-11-27(12-10-26)32-40-21-43(42-32)28-13-15-29(16-14-28)46-35(36,37)38/h8-17,19-22,24H,6-7,18H2,1-5H3,(H,39,45). The lowest BCUT2D eigenvalue weighted by Crippen LogP contribution is -2.26. The Kier molecular flexibility index (Phi) is 10.3. The number of thiazole rings is 1. The Morgan fingerprint density at radius 1 is 1.02 bits per heavy atom. The number of hydrogen-bond donors (Lipinski definition) is 1. The van der Waals surface area contributed by atoms with Gasteiger partial charge in [0.15, 0.2) is 10.6 Å². The highest BCUT2D eigenvalue weighted by Gasteiger charge is 2.31. The predicted molar refractivity (Wildman–Crippen MR) is 177 cm³/mol. The highest BCUT2D eigenvalue weighted by atomic mass is 32.1. The van der Waals surface area contributed by atoms with Crippen LogP contribution in [0.3, 0.4) is 0 Å². The van der Waals surface area contributed by atoms with Gasteiger partial charge < -0.3 is 10.1 Å². The van der Waals surface area contributed by atoms with E-state index < -0.39 is 6.36 Å². The highest BCUT2D eigenvalue weighted by Crippen LogP contribution is 2.27. The molecule has 8 nitrogen and oxygen atoms in total. The molecule has 0 spiro atoms. The molecule has 2 amide bonds. The van der Waals surface area contributed by atoms with E-state index in [4.69, 9.17) is 0 Å². The number of carbonyl (C=O) groups is 1. The quantitative estimate of drug-likeness (QED) is 0.152. The van der Waals surface area contributed by atoms with Crippen LogP contribution in [0.15, 0.2) is 83.4 Å². The molecule has 47 heavy (non-hydrogen) atoms. The molecule has 246 valence electrons. The second kappa shape index (κ2) is 14.4. The maximum atomic E-state index is 12.8. The van der Waals surface area contributed by atoms with Crippen molar-refractivity contribution in [3.8, 4) is 28.5 Å². The monoisotopic (exact) mass is 662 g/mol. The van der Waals surface area contributed by atoms with Gasteiger partial charge in [0.1, 0.15) is 12.1 Å². The fraction of sp³-hybridized carbons (Fsp3) is 0.314. The van der Waals surface area contributed by atoms with Crippen LogP contribution >= 0.6 is 11.3 Å². The van der Waals surface area contributed by atoms with Crippen LogP contribution in [0, 0.1) is 13.8 Å². The Morgan fingerprint density at radius 3 is 2.43 bits per heavy atom. The molecule has 5 rings (SSSR count). The average molecular weight is 663 g/mol. The number of alkyl halides is 3. The zero-order valence-electron chi connectivity index (χ0n) is 26.9. The number of rotatable bonds is 10. The summed E-state index contributed by atoms with van der Waals surface area (Å²) in [4.78, 5) is 22.2. The van der Waals surface area contributed by atoms with E-state index in [2.05, 4.69) is 75.6 Å². The smallest absolute Gasteiger partial charge is 0.406 e. The van der Waals surface area contributed by atoms with Crippen molar-refractivity contribution in [2.75, 3.05) is 6.54 Å². The molecule has 1 atom stereocenters. The van der Waals surface area contributed by atoms with Gasteiger partial charge in [-0.15, -0.1) is 29.6 Å². The van der Waals surface area contributed by atoms with Gasteiger partial charge in [-0.1, -0.05) is 57.2 Å². The molecular formula is C35H37F3N6O2S. The van der Waals surface area contributed by atoms with Crippen molar-refractivity contribution in [2.45, 2.75) is 65.7 Å². The average Bonchev–Trinajstić information content (AvgIpc) is 3.66. The summed E-state index contributed by atoms with van der Waals surface area (Å²) >= 11 is 1.46. The summed E-state index contributed by atoms with van der Waals surface area (Å²) in [6.07, 6.45) is -1.57. The second-order valence-electron chi connectivity index (χ2n) is 11.8. The zero-order valence-corrected chi connectivity index (χ0v) is 27.7. The zero-order chi connectivity index (χ0) is 33.7. The number of halogens is 3. The van der Waals surface area contributed by atoms with Crippen molar-refractivity contribution < 1.29 is 22.7 Å². The van der Waals surface area contributed by atoms with Gasteiger partial charge >= 0.3 is 12.4 Å². The molecule has 3 aromatic carbocycles. The molecule has 0 saturated heterocycles. The number of amides is 2. The van der Waals surface area contributed by atoms with E-state index in [1.165, 1.54) is 52.2 Å². The summed E-state index contributed by atoms with van der Waals surface area (Å²) in [6.45, 7) is 11.1. The third-order valence-corrected chi connectivity index (χ3v) is 8.72. The topological polar surface area (TPSA) is 86.3 Å². The highest BCUT2D eigenvalue weighted by molar-refractivity contribution is 7.07. The van der Waals surface area contributed by atoms with Crippen molar-refractivity contribution >= 4 is 17.4 Å². The number of nitrogens with zero attached hydrogens (tertiary/aromatic N) is 5. The van der Waals surface area contributed by atoms with Crippen molar-refractivity contribution in [2.24, 2.45) is 4.99 Å². The van der Waals surface area contributed by atoms with Crippen molar-refractivity contribution in [3.05, 3.63) is 106 Å². The van der Waals surface area contributed by atoms with Crippen molar-refractivity contribution in [1.29, 1.82) is 0 Å². The van der Waals surface area contributed by atoms with Gasteiger partial charge in [0.2, 0.25) is 0 Å². The number of hydrogen-bond acceptors (Lipinski definition) is 5. The normalized spacial score (nSPS) is 12.8. The first kappa shape index (κ1) is 33.6. The lowest BCUT2D eigenvalue weighted by molar-refractivity contribution is -0.274. The molecule has 0 fully saturated rings. The molecule has 0 bridgehead atoms. The Labute approximate surface area is 275 Å². The Hall–Kier alpha value is -4.71. The molecule has 0 aliphatic carbocycles. The van der Waals surface area contributed by atoms with E-state index >= 15 is 0 Å². The van der Waals surface area contributed by atoms with E-state index in [0.29, 0.717) is 28.8 Å². The van der Waals surface area contributed by atoms with Gasteiger partial charge in [-0.05, 0) is 85.5 Å². The minimum absolute atomic E-state index is 0.263. The summed E-state index contributed by atoms with van der Waals surface area (Å²) in [5.41, 5.74) is 6.98. The van der Waals surface area contributed by atoms with Crippen LogP contribution < -0.4 is 14.9 Å². The molecule has 0 saturated carbocycles. The first-order valence-corrected chi connectivity index (χ1v) is 16.2. The Bertz CT molecular complexity index is 1890. The van der Waals surface area contributed by atoms with E-state index in [1.54, 1.807) is 0 Å². The number of ether oxygens (including phenoxy) is 1. The van der Waals surface area contributed by atoms with Gasteiger partial charge in [-0.2, -0.15) is 4.99 Å². The van der Waals surface area contributed by atoms with Crippen molar-refractivity contribution in [3.63, 3.8) is 0 Å². The number of benzene rings is 3. The van der Waals surface area contributed by atoms with Crippen LogP contribution in [0.25, 0.3) is 22.8 Å². The van der Waals surface area contributed by atoms with Crippen molar-refractivity contribution in [1.82, 2.24) is 24.6 Å². The Balaban J connectivity index is 1.15. The minimum atomic E-state index is -4.74. The first-order chi connectivity index (χ1) is 22.4. The molecule has 1 unspecified atom stereocenters. The SMILES string of the molecule is Cc1ccc(C(C)C)c(-n2c(C)csc2=NC(=O)NCCCC(C)c2ccc(-c3ncn(-c4ccc(OC(F)(F)F)cc4)n3)cc2)c1.